The van der Waals surface area contributed by atoms with Crippen LogP contribution in [0.3, 0.4) is 0 Å². The van der Waals surface area contributed by atoms with E-state index in [0.29, 0.717) is 10.3 Å². The molecule has 0 fully saturated rings. The number of aromatic nitrogens is 3. The number of aryl methyl sites for hydroxylation is 1. The molecule has 0 radical (unpaired) electrons. The SMILES string of the molecule is COC(=O)COC(=O)COc1ncccc1Oc1cc(-n2c(=O)cc(C)n(C)c2=O)c(F)cc1Cl. The Morgan fingerprint density at radius 3 is 2.57 bits per heavy atom. The Kier molecular flexibility index (Phi) is 7.87. The molecule has 1 aromatic carbocycles. The summed E-state index contributed by atoms with van der Waals surface area (Å²) < 4.78 is 36.6. The Labute approximate surface area is 202 Å². The summed E-state index contributed by atoms with van der Waals surface area (Å²) in [6.07, 6.45) is 1.36. The fourth-order valence-corrected chi connectivity index (χ4v) is 2.96. The van der Waals surface area contributed by atoms with Crippen LogP contribution in [-0.2, 0) is 26.1 Å². The Bertz CT molecular complexity index is 1400. The summed E-state index contributed by atoms with van der Waals surface area (Å²) in [5.74, 6) is -2.83. The van der Waals surface area contributed by atoms with Crippen molar-refractivity contribution in [3.63, 3.8) is 0 Å². The molecule has 0 saturated heterocycles. The first-order valence-electron chi connectivity index (χ1n) is 9.89. The Balaban J connectivity index is 1.90. The molecule has 184 valence electrons. The van der Waals surface area contributed by atoms with Gasteiger partial charge < -0.3 is 23.5 Å². The van der Waals surface area contributed by atoms with E-state index in [2.05, 4.69) is 14.5 Å². The monoisotopic (exact) mass is 507 g/mol. The van der Waals surface area contributed by atoms with Crippen molar-refractivity contribution in [2.75, 3.05) is 20.3 Å². The molecule has 0 aliphatic carbocycles. The number of rotatable bonds is 8. The molecule has 3 rings (SSSR count). The summed E-state index contributed by atoms with van der Waals surface area (Å²) in [5, 5.41) is -0.171. The molecule has 0 spiro atoms. The highest BCUT2D eigenvalue weighted by Gasteiger charge is 2.19. The van der Waals surface area contributed by atoms with E-state index in [1.165, 1.54) is 36.0 Å². The predicted octanol–water partition coefficient (Wildman–Crippen LogP) is 1.92. The van der Waals surface area contributed by atoms with Crippen LogP contribution in [0, 0.1) is 12.7 Å². The van der Waals surface area contributed by atoms with Crippen molar-refractivity contribution in [2.45, 2.75) is 6.92 Å². The lowest BCUT2D eigenvalue weighted by Crippen LogP contribution is -2.38. The summed E-state index contributed by atoms with van der Waals surface area (Å²) in [6.45, 7) is 0.368. The number of esters is 2. The van der Waals surface area contributed by atoms with Gasteiger partial charge in [0.2, 0.25) is 0 Å². The van der Waals surface area contributed by atoms with Gasteiger partial charge in [-0.3, -0.25) is 4.79 Å². The number of methoxy groups -OCH3 is 1. The van der Waals surface area contributed by atoms with Crippen LogP contribution in [0.1, 0.15) is 5.69 Å². The maximum Gasteiger partial charge on any atom is 0.344 e. The van der Waals surface area contributed by atoms with E-state index >= 15 is 0 Å². The maximum atomic E-state index is 14.7. The van der Waals surface area contributed by atoms with Gasteiger partial charge in [0.25, 0.3) is 11.4 Å². The number of benzene rings is 1. The van der Waals surface area contributed by atoms with E-state index in [9.17, 15) is 23.6 Å². The molecule has 0 atom stereocenters. The van der Waals surface area contributed by atoms with E-state index < -0.39 is 42.2 Å². The number of hydrogen-bond acceptors (Lipinski definition) is 9. The zero-order chi connectivity index (χ0) is 25.7. The highest BCUT2D eigenvalue weighted by Crippen LogP contribution is 2.35. The van der Waals surface area contributed by atoms with Gasteiger partial charge >= 0.3 is 17.6 Å². The maximum absolute atomic E-state index is 14.7. The lowest BCUT2D eigenvalue weighted by molar-refractivity contribution is -0.158. The van der Waals surface area contributed by atoms with Crippen LogP contribution in [0.2, 0.25) is 5.02 Å². The Morgan fingerprint density at radius 2 is 1.86 bits per heavy atom. The molecule has 0 aliphatic rings. The first-order valence-corrected chi connectivity index (χ1v) is 10.3. The second kappa shape index (κ2) is 10.8. The number of halogens is 2. The number of carbonyl (C=O) groups is 2. The van der Waals surface area contributed by atoms with Gasteiger partial charge in [0.1, 0.15) is 11.6 Å². The molecule has 0 aliphatic heterocycles. The summed E-state index contributed by atoms with van der Waals surface area (Å²) in [7, 11) is 2.58. The second-order valence-electron chi connectivity index (χ2n) is 6.97. The van der Waals surface area contributed by atoms with Crippen LogP contribution >= 0.6 is 11.6 Å². The van der Waals surface area contributed by atoms with Crippen molar-refractivity contribution in [3.8, 4) is 23.1 Å². The fourth-order valence-electron chi connectivity index (χ4n) is 2.77. The van der Waals surface area contributed by atoms with Gasteiger partial charge in [-0.05, 0) is 25.1 Å². The molecule has 0 bridgehead atoms. The summed E-state index contributed by atoms with van der Waals surface area (Å²) in [4.78, 5) is 51.8. The highest BCUT2D eigenvalue weighted by molar-refractivity contribution is 6.32. The van der Waals surface area contributed by atoms with Gasteiger partial charge in [0, 0.05) is 31.1 Å². The Morgan fingerprint density at radius 1 is 1.11 bits per heavy atom. The van der Waals surface area contributed by atoms with Gasteiger partial charge in [0.05, 0.1) is 17.8 Å². The lowest BCUT2D eigenvalue weighted by atomic mass is 10.2. The molecule has 3 aromatic rings. The topological polar surface area (TPSA) is 128 Å². The van der Waals surface area contributed by atoms with Gasteiger partial charge in [-0.2, -0.15) is 0 Å². The number of nitrogens with zero attached hydrogens (tertiary/aromatic N) is 3. The molecule has 35 heavy (non-hydrogen) atoms. The minimum absolute atomic E-state index is 0.0168. The first-order chi connectivity index (χ1) is 16.6. The van der Waals surface area contributed by atoms with Crippen LogP contribution in [0.4, 0.5) is 4.39 Å². The van der Waals surface area contributed by atoms with Crippen LogP contribution < -0.4 is 20.7 Å². The molecule has 0 amide bonds. The zero-order valence-electron chi connectivity index (χ0n) is 18.7. The average Bonchev–Trinajstić information content (AvgIpc) is 2.83. The molecule has 0 unspecified atom stereocenters. The quantitative estimate of drug-likeness (QED) is 0.420. The molecule has 11 nitrogen and oxygen atoms in total. The highest BCUT2D eigenvalue weighted by atomic mass is 35.5. The molecule has 2 heterocycles. The van der Waals surface area contributed by atoms with Crippen molar-refractivity contribution < 1.29 is 32.9 Å². The van der Waals surface area contributed by atoms with Gasteiger partial charge in [-0.25, -0.2) is 28.3 Å². The molecular weight excluding hydrogens is 489 g/mol. The fraction of sp³-hybridized carbons (Fsp3) is 0.227. The standard InChI is InChI=1S/C22H19ClFN3O8/c1-12-7-18(28)27(22(31)26(12)2)15-9-17(13(23)8-14(15)24)35-16-5-4-6-25-21(16)34-11-20(30)33-10-19(29)32-3/h4-9H,10-11H2,1-3H3. The molecule has 0 saturated carbocycles. The third kappa shape index (κ3) is 5.84. The van der Waals surface area contributed by atoms with Crippen molar-refractivity contribution in [1.82, 2.24) is 14.1 Å². The van der Waals surface area contributed by atoms with Crippen LogP contribution in [0.5, 0.6) is 17.4 Å². The number of pyridine rings is 1. The third-order valence-corrected chi connectivity index (χ3v) is 4.96. The summed E-state index contributed by atoms with van der Waals surface area (Å²) >= 11 is 6.12. The minimum Gasteiger partial charge on any atom is -0.466 e. The molecular formula is C22H19ClFN3O8. The molecule has 13 heteroatoms. The van der Waals surface area contributed by atoms with Gasteiger partial charge in [0.15, 0.2) is 19.0 Å². The Hall–Kier alpha value is -4.19. The van der Waals surface area contributed by atoms with Crippen molar-refractivity contribution in [1.29, 1.82) is 0 Å². The molecule has 0 N–H and O–H groups in total. The third-order valence-electron chi connectivity index (χ3n) is 4.66. The minimum atomic E-state index is -0.929. The van der Waals surface area contributed by atoms with Crippen LogP contribution in [-0.4, -0.2) is 46.4 Å². The second-order valence-corrected chi connectivity index (χ2v) is 7.38. The van der Waals surface area contributed by atoms with Crippen molar-refractivity contribution in [3.05, 3.63) is 73.9 Å². The largest absolute Gasteiger partial charge is 0.466 e. The van der Waals surface area contributed by atoms with E-state index in [1.807, 2.05) is 0 Å². The van der Waals surface area contributed by atoms with E-state index in [0.717, 1.165) is 19.2 Å². The van der Waals surface area contributed by atoms with E-state index in [1.54, 1.807) is 6.92 Å². The normalized spacial score (nSPS) is 10.5. The zero-order valence-corrected chi connectivity index (χ0v) is 19.5. The number of ether oxygens (including phenoxy) is 4. The van der Waals surface area contributed by atoms with Gasteiger partial charge in [-0.1, -0.05) is 11.6 Å². The van der Waals surface area contributed by atoms with Crippen molar-refractivity contribution >= 4 is 23.5 Å². The van der Waals surface area contributed by atoms with Gasteiger partial charge in [-0.15, -0.1) is 0 Å². The average molecular weight is 508 g/mol. The summed E-state index contributed by atoms with van der Waals surface area (Å²) in [5.41, 5.74) is -1.50. The smallest absolute Gasteiger partial charge is 0.344 e. The van der Waals surface area contributed by atoms with E-state index in [4.69, 9.17) is 21.1 Å². The number of carbonyl (C=O) groups excluding carboxylic acids is 2. The van der Waals surface area contributed by atoms with Crippen LogP contribution in [0.15, 0.2) is 46.1 Å². The molecule has 2 aromatic heterocycles. The predicted molar refractivity (Wildman–Crippen MR) is 120 cm³/mol. The van der Waals surface area contributed by atoms with Crippen LogP contribution in [0.25, 0.3) is 5.69 Å². The number of hydrogen-bond donors (Lipinski definition) is 0. The lowest BCUT2D eigenvalue weighted by Gasteiger charge is -2.14. The van der Waals surface area contributed by atoms with E-state index in [-0.39, 0.29) is 28.1 Å². The summed E-state index contributed by atoms with van der Waals surface area (Å²) in [6, 6.07) is 6.08. The van der Waals surface area contributed by atoms with Crippen molar-refractivity contribution in [2.24, 2.45) is 7.05 Å². The first kappa shape index (κ1) is 25.4.